The molecule has 0 aromatic heterocycles. The number of carbonyl (C=O) groups excluding carboxylic acids is 6. The molecule has 0 amide bonds. The Hall–Kier alpha value is -3.70. The number of aliphatic hydroxyl groups excluding tert-OH is 2. The van der Waals surface area contributed by atoms with Crippen LogP contribution in [0, 0.1) is 0 Å². The van der Waals surface area contributed by atoms with Gasteiger partial charge in [-0.25, -0.2) is 9.59 Å². The van der Waals surface area contributed by atoms with Gasteiger partial charge in [0.25, 0.3) is 0 Å². The van der Waals surface area contributed by atoms with Crippen molar-refractivity contribution in [3.8, 4) is 0 Å². The van der Waals surface area contributed by atoms with Crippen molar-refractivity contribution < 1.29 is 81.6 Å². The van der Waals surface area contributed by atoms with Gasteiger partial charge >= 0.3 is 36.2 Å². The second kappa shape index (κ2) is 24.1. The molecular formula is C24H38O17. The Morgan fingerprint density at radius 1 is 0.488 bits per heavy atom. The molecule has 2 N–H and O–H groups in total. The standard InChI is InChI=1S/C24H38O17/c1-17(40-23(31)38-13-11-36-21(29)5-3-19(27)34-9-7-25)15-33-16-18(2)41-24(32)39-14-12-37-22(30)6-4-20(28)35-10-8-26/h17-18,25-26H,3-16H2,1-2H3. The minimum Gasteiger partial charge on any atom is -0.463 e. The van der Waals surface area contributed by atoms with E-state index < -0.39 is 48.4 Å². The van der Waals surface area contributed by atoms with Gasteiger partial charge in [0.2, 0.25) is 0 Å². The molecule has 0 aromatic carbocycles. The molecule has 0 aliphatic rings. The number of esters is 4. The summed E-state index contributed by atoms with van der Waals surface area (Å²) in [6.07, 6.45) is -4.38. The number of carbonyl (C=O) groups is 6. The van der Waals surface area contributed by atoms with Crippen molar-refractivity contribution in [3.63, 3.8) is 0 Å². The molecule has 0 aliphatic heterocycles. The van der Waals surface area contributed by atoms with E-state index in [1.165, 1.54) is 13.8 Å². The predicted octanol–water partition coefficient (Wildman–Crippen LogP) is -0.196. The maximum absolute atomic E-state index is 11.7. The minimum absolute atomic E-state index is 0.0529. The van der Waals surface area contributed by atoms with Crippen molar-refractivity contribution in [3.05, 3.63) is 0 Å². The van der Waals surface area contributed by atoms with Crippen molar-refractivity contribution in [1.29, 1.82) is 0 Å². The molecule has 0 radical (unpaired) electrons. The first-order chi connectivity index (χ1) is 19.6. The van der Waals surface area contributed by atoms with Crippen LogP contribution in [0.2, 0.25) is 0 Å². The normalized spacial score (nSPS) is 11.8. The van der Waals surface area contributed by atoms with E-state index in [1.807, 2.05) is 0 Å². The van der Waals surface area contributed by atoms with Crippen LogP contribution in [0.15, 0.2) is 0 Å². The zero-order valence-corrected chi connectivity index (χ0v) is 23.1. The SMILES string of the molecule is CC(COCC(C)OC(=O)OCCOC(=O)CCC(=O)OCCO)OC(=O)OCCOC(=O)CCC(=O)OCCO. The number of rotatable bonds is 22. The van der Waals surface area contributed by atoms with Crippen molar-refractivity contribution in [2.75, 3.05) is 66.1 Å². The van der Waals surface area contributed by atoms with E-state index in [1.54, 1.807) is 0 Å². The van der Waals surface area contributed by atoms with Gasteiger partial charge in [-0.1, -0.05) is 0 Å². The Kier molecular flexibility index (Phi) is 21.9. The number of hydrogen-bond donors (Lipinski definition) is 2. The van der Waals surface area contributed by atoms with E-state index in [2.05, 4.69) is 9.47 Å². The lowest BCUT2D eigenvalue weighted by atomic mass is 10.3. The largest absolute Gasteiger partial charge is 0.508 e. The Labute approximate surface area is 236 Å². The maximum Gasteiger partial charge on any atom is 0.508 e. The van der Waals surface area contributed by atoms with E-state index in [9.17, 15) is 28.8 Å². The maximum atomic E-state index is 11.7. The van der Waals surface area contributed by atoms with Crippen LogP contribution in [0.1, 0.15) is 39.5 Å². The summed E-state index contributed by atoms with van der Waals surface area (Å²) in [5.41, 5.74) is 0. The quantitative estimate of drug-likeness (QED) is 0.0934. The van der Waals surface area contributed by atoms with Gasteiger partial charge in [0.15, 0.2) is 0 Å². The highest BCUT2D eigenvalue weighted by atomic mass is 16.7. The monoisotopic (exact) mass is 598 g/mol. The average molecular weight is 599 g/mol. The van der Waals surface area contributed by atoms with E-state index in [0.29, 0.717) is 0 Å². The second-order valence-electron chi connectivity index (χ2n) is 7.92. The summed E-state index contributed by atoms with van der Waals surface area (Å²) in [5, 5.41) is 17.1. The molecule has 41 heavy (non-hydrogen) atoms. The van der Waals surface area contributed by atoms with Crippen molar-refractivity contribution in [2.24, 2.45) is 0 Å². The second-order valence-corrected chi connectivity index (χ2v) is 7.92. The fourth-order valence-corrected chi connectivity index (χ4v) is 2.44. The van der Waals surface area contributed by atoms with Gasteiger partial charge in [0, 0.05) is 0 Å². The van der Waals surface area contributed by atoms with Crippen molar-refractivity contribution in [1.82, 2.24) is 0 Å². The summed E-state index contributed by atoms with van der Waals surface area (Å²) in [6.45, 7) is 0.934. The van der Waals surface area contributed by atoms with Gasteiger partial charge in [-0.2, -0.15) is 0 Å². The van der Waals surface area contributed by atoms with Crippen LogP contribution in [0.5, 0.6) is 0 Å². The lowest BCUT2D eigenvalue weighted by molar-refractivity contribution is -0.151. The molecule has 0 fully saturated rings. The molecule has 0 rings (SSSR count). The van der Waals surface area contributed by atoms with Gasteiger partial charge < -0.3 is 52.8 Å². The zero-order valence-electron chi connectivity index (χ0n) is 23.1. The van der Waals surface area contributed by atoms with Gasteiger partial charge in [0.05, 0.1) is 52.1 Å². The lowest BCUT2D eigenvalue weighted by Crippen LogP contribution is -2.26. The van der Waals surface area contributed by atoms with Gasteiger partial charge in [0.1, 0.15) is 51.8 Å². The Morgan fingerprint density at radius 3 is 1.10 bits per heavy atom. The molecule has 2 atom stereocenters. The zero-order chi connectivity index (χ0) is 30.9. The molecular weight excluding hydrogens is 560 g/mol. The first-order valence-corrected chi connectivity index (χ1v) is 12.7. The summed E-state index contributed by atoms with van der Waals surface area (Å²) in [5.74, 6) is -2.70. The van der Waals surface area contributed by atoms with E-state index in [-0.39, 0.29) is 91.8 Å². The molecule has 2 unspecified atom stereocenters. The fourth-order valence-electron chi connectivity index (χ4n) is 2.44. The molecule has 0 saturated carbocycles. The molecule has 0 heterocycles. The third-order valence-electron chi connectivity index (χ3n) is 4.21. The van der Waals surface area contributed by atoms with Gasteiger partial charge in [-0.05, 0) is 13.8 Å². The Bertz CT molecular complexity index is 735. The van der Waals surface area contributed by atoms with Crippen molar-refractivity contribution in [2.45, 2.75) is 51.7 Å². The summed E-state index contributed by atoms with van der Waals surface area (Å²) in [4.78, 5) is 68.7. The molecule has 0 bridgehead atoms. The third-order valence-corrected chi connectivity index (χ3v) is 4.21. The smallest absolute Gasteiger partial charge is 0.463 e. The molecule has 0 aromatic rings. The van der Waals surface area contributed by atoms with Crippen LogP contribution in [0.3, 0.4) is 0 Å². The first-order valence-electron chi connectivity index (χ1n) is 12.7. The molecule has 0 aliphatic carbocycles. The lowest BCUT2D eigenvalue weighted by Gasteiger charge is -2.16. The number of hydrogen-bond acceptors (Lipinski definition) is 17. The van der Waals surface area contributed by atoms with Crippen LogP contribution in [0.4, 0.5) is 9.59 Å². The summed E-state index contributed by atoms with van der Waals surface area (Å²) < 4.78 is 43.5. The molecule has 17 heteroatoms. The van der Waals surface area contributed by atoms with Crippen molar-refractivity contribution >= 4 is 36.2 Å². The molecule has 236 valence electrons. The minimum atomic E-state index is -1.03. The fraction of sp³-hybridized carbons (Fsp3) is 0.750. The number of ether oxygens (including phenoxy) is 9. The Balaban J connectivity index is 3.81. The highest BCUT2D eigenvalue weighted by molar-refractivity contribution is 5.78. The van der Waals surface area contributed by atoms with Crippen LogP contribution in [0.25, 0.3) is 0 Å². The summed E-state index contributed by atoms with van der Waals surface area (Å²) in [7, 11) is 0. The average Bonchev–Trinajstić information content (AvgIpc) is 2.92. The van der Waals surface area contributed by atoms with E-state index >= 15 is 0 Å². The van der Waals surface area contributed by atoms with Crippen LogP contribution in [-0.2, 0) is 61.8 Å². The topological polar surface area (TPSA) is 226 Å². The van der Waals surface area contributed by atoms with E-state index in [0.717, 1.165) is 0 Å². The van der Waals surface area contributed by atoms with Crippen LogP contribution < -0.4 is 0 Å². The van der Waals surface area contributed by atoms with Gasteiger partial charge in [-0.3, -0.25) is 19.2 Å². The summed E-state index contributed by atoms with van der Waals surface area (Å²) in [6, 6.07) is 0. The molecule has 0 saturated heterocycles. The van der Waals surface area contributed by atoms with Crippen LogP contribution in [-0.4, -0.2) is 125 Å². The number of aliphatic hydroxyl groups is 2. The van der Waals surface area contributed by atoms with Gasteiger partial charge in [-0.15, -0.1) is 0 Å². The van der Waals surface area contributed by atoms with Crippen LogP contribution >= 0.6 is 0 Å². The molecule has 17 nitrogen and oxygen atoms in total. The summed E-state index contributed by atoms with van der Waals surface area (Å²) >= 11 is 0. The Morgan fingerprint density at radius 2 is 0.780 bits per heavy atom. The first kappa shape index (κ1) is 37.3. The van der Waals surface area contributed by atoms with E-state index in [4.69, 9.17) is 43.4 Å². The highest BCUT2D eigenvalue weighted by Gasteiger charge is 2.16. The highest BCUT2D eigenvalue weighted by Crippen LogP contribution is 2.01. The third kappa shape index (κ3) is 23.9. The predicted molar refractivity (Wildman–Crippen MR) is 131 cm³/mol. The molecule has 0 spiro atoms.